The normalized spacial score (nSPS) is 10.6. The molecule has 16 heavy (non-hydrogen) atoms. The van der Waals surface area contributed by atoms with Crippen molar-refractivity contribution in [3.63, 3.8) is 0 Å². The molecule has 2 N–H and O–H groups in total. The molecule has 0 saturated heterocycles. The van der Waals surface area contributed by atoms with Crippen LogP contribution in [-0.2, 0) is 0 Å². The summed E-state index contributed by atoms with van der Waals surface area (Å²) < 4.78 is 0. The highest BCUT2D eigenvalue weighted by atomic mass is 35.5. The van der Waals surface area contributed by atoms with E-state index in [4.69, 9.17) is 5.50 Å². The number of hydrogen-bond acceptors (Lipinski definition) is 1. The van der Waals surface area contributed by atoms with E-state index in [9.17, 15) is 0 Å². The zero-order valence-corrected chi connectivity index (χ0v) is 10.8. The summed E-state index contributed by atoms with van der Waals surface area (Å²) in [5, 5.41) is 2.49. The summed E-state index contributed by atoms with van der Waals surface area (Å²) in [5.74, 6) is 0. The van der Waals surface area contributed by atoms with Crippen LogP contribution in [0.4, 0.5) is 0 Å². The summed E-state index contributed by atoms with van der Waals surface area (Å²) in [6.45, 7) is 2.15. The van der Waals surface area contributed by atoms with Gasteiger partial charge in [-0.25, -0.2) is 0 Å². The molecule has 0 spiro atoms. The monoisotopic (exact) mass is 251 g/mol. The number of nitrogens with two attached hydrogens (primary N) is 1. The molecule has 0 aromatic heterocycles. The molecule has 0 heterocycles. The van der Waals surface area contributed by atoms with Gasteiger partial charge < -0.3 is 12.4 Å². The van der Waals surface area contributed by atoms with Crippen molar-refractivity contribution in [1.29, 1.82) is 0 Å². The second-order valence-electron chi connectivity index (χ2n) is 3.75. The molecule has 0 bridgehead atoms. The first kappa shape index (κ1) is 13.2. The average Bonchev–Trinajstić information content (AvgIpc) is 2.31. The summed E-state index contributed by atoms with van der Waals surface area (Å²) in [6.07, 6.45) is 0. The van der Waals surface area contributed by atoms with Crippen LogP contribution in [0, 0.1) is 0 Å². The molecule has 0 unspecified atom stereocenters. The molecule has 0 atom stereocenters. The first-order chi connectivity index (χ1) is 7.21. The second-order valence-corrected chi connectivity index (χ2v) is 6.93. The van der Waals surface area contributed by atoms with E-state index in [-0.39, 0.29) is 12.4 Å². The van der Waals surface area contributed by atoms with Crippen LogP contribution in [0.5, 0.6) is 0 Å². The molecule has 1 nitrogen and oxygen atoms in total. The number of halogens is 1. The molecule has 0 fully saturated rings. The van der Waals surface area contributed by atoms with Crippen molar-refractivity contribution >= 4 is 18.0 Å². The van der Waals surface area contributed by atoms with Crippen molar-refractivity contribution < 1.29 is 12.4 Å². The van der Waals surface area contributed by atoms with Gasteiger partial charge in [0.25, 0.3) is 0 Å². The van der Waals surface area contributed by atoms with Crippen LogP contribution in [0.3, 0.4) is 0 Å². The third-order valence-corrected chi connectivity index (χ3v) is 5.33. The molecule has 0 saturated carbocycles. The Hall–Kier alpha value is -0.880. The molecule has 0 aliphatic heterocycles. The van der Waals surface area contributed by atoms with Crippen LogP contribution in [-0.4, -0.2) is 6.66 Å². The largest absolute Gasteiger partial charge is 1.00 e. The minimum Gasteiger partial charge on any atom is -1.00 e. The maximum absolute atomic E-state index is 6.47. The van der Waals surface area contributed by atoms with Gasteiger partial charge >= 0.3 is 0 Å². The van der Waals surface area contributed by atoms with Gasteiger partial charge in [-0.05, 0) is 24.3 Å². The van der Waals surface area contributed by atoms with E-state index < -0.39 is 7.41 Å². The van der Waals surface area contributed by atoms with Crippen LogP contribution < -0.4 is 28.5 Å². The molecule has 0 aliphatic rings. The predicted octanol–water partition coefficient (Wildman–Crippen LogP) is -0.837. The third-order valence-electron chi connectivity index (χ3n) is 2.59. The van der Waals surface area contributed by atoms with Crippen molar-refractivity contribution in [1.82, 2.24) is 0 Å². The Labute approximate surface area is 103 Å². The van der Waals surface area contributed by atoms with E-state index in [2.05, 4.69) is 30.9 Å². The van der Waals surface area contributed by atoms with Crippen molar-refractivity contribution in [3.05, 3.63) is 60.7 Å². The van der Waals surface area contributed by atoms with Crippen molar-refractivity contribution in [2.75, 3.05) is 6.66 Å². The van der Waals surface area contributed by atoms with Gasteiger partial charge in [-0.2, -0.15) is 5.50 Å². The highest BCUT2D eigenvalue weighted by Gasteiger charge is 2.31. The first-order valence-corrected chi connectivity index (χ1v) is 7.28. The van der Waals surface area contributed by atoms with E-state index in [0.29, 0.717) is 0 Å². The number of rotatable bonds is 2. The molecule has 0 amide bonds. The number of hydrogen-bond donors (Lipinski definition) is 1. The SMILES string of the molecule is C[P+](N)(c1ccccc1)c1ccccc1.[Cl-]. The van der Waals surface area contributed by atoms with Crippen LogP contribution in [0.1, 0.15) is 0 Å². The summed E-state index contributed by atoms with van der Waals surface area (Å²) >= 11 is 0. The Morgan fingerprint density at radius 3 is 1.38 bits per heavy atom. The van der Waals surface area contributed by atoms with E-state index in [1.54, 1.807) is 0 Å². The van der Waals surface area contributed by atoms with Crippen LogP contribution in [0.25, 0.3) is 0 Å². The highest BCUT2D eigenvalue weighted by Crippen LogP contribution is 2.43. The smallest absolute Gasteiger partial charge is 0.139 e. The summed E-state index contributed by atoms with van der Waals surface area (Å²) in [5.41, 5.74) is 6.47. The fourth-order valence-electron chi connectivity index (χ4n) is 1.62. The Balaban J connectivity index is 0.00000128. The topological polar surface area (TPSA) is 26.0 Å². The lowest BCUT2D eigenvalue weighted by atomic mass is 10.4. The molecule has 2 rings (SSSR count). The van der Waals surface area contributed by atoms with Gasteiger partial charge in [0.2, 0.25) is 0 Å². The fraction of sp³-hybridized carbons (Fsp3) is 0.0769. The first-order valence-electron chi connectivity index (χ1n) is 4.97. The minimum absolute atomic E-state index is 0. The fourth-order valence-corrected chi connectivity index (χ4v) is 3.51. The predicted molar refractivity (Wildman–Crippen MR) is 69.2 cm³/mol. The zero-order chi connectivity index (χ0) is 10.7. The Morgan fingerprint density at radius 1 is 0.750 bits per heavy atom. The molecule has 2 aromatic rings. The van der Waals surface area contributed by atoms with Gasteiger partial charge in [0, 0.05) is 0 Å². The Bertz CT molecular complexity index is 387. The van der Waals surface area contributed by atoms with E-state index in [0.717, 1.165) is 0 Å². The van der Waals surface area contributed by atoms with Crippen molar-refractivity contribution in [2.45, 2.75) is 0 Å². The molecule has 0 aliphatic carbocycles. The lowest BCUT2D eigenvalue weighted by Crippen LogP contribution is -3.00. The van der Waals surface area contributed by atoms with Crippen LogP contribution >= 0.6 is 7.41 Å². The molecular weight excluding hydrogens is 237 g/mol. The van der Waals surface area contributed by atoms with Gasteiger partial charge in [0.15, 0.2) is 0 Å². The molecule has 3 heteroatoms. The van der Waals surface area contributed by atoms with Gasteiger partial charge in [-0.3, -0.25) is 0 Å². The number of benzene rings is 2. The van der Waals surface area contributed by atoms with Crippen molar-refractivity contribution in [2.24, 2.45) is 5.50 Å². The highest BCUT2D eigenvalue weighted by molar-refractivity contribution is 7.86. The zero-order valence-electron chi connectivity index (χ0n) is 9.18. The Kier molecular flexibility index (Phi) is 4.49. The van der Waals surface area contributed by atoms with Crippen molar-refractivity contribution in [3.8, 4) is 0 Å². The van der Waals surface area contributed by atoms with Gasteiger partial charge in [0.05, 0.1) is 6.66 Å². The molecular formula is C13H15ClNP. The summed E-state index contributed by atoms with van der Waals surface area (Å²) in [7, 11) is -1.65. The average molecular weight is 252 g/mol. The maximum Gasteiger partial charge on any atom is 0.139 e. The Morgan fingerprint density at radius 2 is 1.06 bits per heavy atom. The minimum atomic E-state index is -1.65. The lowest BCUT2D eigenvalue weighted by Gasteiger charge is -2.16. The second kappa shape index (κ2) is 5.45. The van der Waals surface area contributed by atoms with Gasteiger partial charge in [0.1, 0.15) is 18.0 Å². The third kappa shape index (κ3) is 2.62. The van der Waals surface area contributed by atoms with E-state index in [1.807, 2.05) is 36.4 Å². The summed E-state index contributed by atoms with van der Waals surface area (Å²) in [6, 6.07) is 20.7. The van der Waals surface area contributed by atoms with E-state index >= 15 is 0 Å². The molecule has 84 valence electrons. The van der Waals surface area contributed by atoms with Gasteiger partial charge in [-0.1, -0.05) is 36.4 Å². The lowest BCUT2D eigenvalue weighted by molar-refractivity contribution is -0.00000316. The van der Waals surface area contributed by atoms with Crippen LogP contribution in [0.2, 0.25) is 0 Å². The summed E-state index contributed by atoms with van der Waals surface area (Å²) in [4.78, 5) is 0. The van der Waals surface area contributed by atoms with Gasteiger partial charge in [-0.15, -0.1) is 0 Å². The molecule has 2 aromatic carbocycles. The molecule has 0 radical (unpaired) electrons. The van der Waals surface area contributed by atoms with E-state index in [1.165, 1.54) is 10.6 Å². The quantitative estimate of drug-likeness (QED) is 0.693. The standard InChI is InChI=1S/C13H15NP.ClH/c1-15(14,12-8-4-2-5-9-12)13-10-6-3-7-11-13;/h2-11H,14H2,1H3;1H/q+1;/p-1. The maximum atomic E-state index is 6.47. The van der Waals surface area contributed by atoms with Crippen LogP contribution in [0.15, 0.2) is 60.7 Å².